The molecule has 0 aromatic heterocycles. The molecule has 1 fully saturated rings. The fourth-order valence-electron chi connectivity index (χ4n) is 2.65. The van der Waals surface area contributed by atoms with E-state index >= 15 is 0 Å². The second-order valence-corrected chi connectivity index (χ2v) is 12.9. The molecule has 2 N–H and O–H groups in total. The van der Waals surface area contributed by atoms with E-state index in [1.54, 1.807) is 0 Å². The molecule has 0 aromatic carbocycles. The topological polar surface area (TPSA) is 84.9 Å². The Kier molecular flexibility index (Phi) is 7.43. The van der Waals surface area contributed by atoms with Crippen molar-refractivity contribution in [2.75, 3.05) is 13.7 Å². The second kappa shape index (κ2) is 8.45. The number of ether oxygens (including phenoxy) is 1. The summed E-state index contributed by atoms with van der Waals surface area (Å²) >= 11 is 0. The van der Waals surface area contributed by atoms with Gasteiger partial charge in [0.15, 0.2) is 14.4 Å². The quantitative estimate of drug-likeness (QED) is 0.561. The van der Waals surface area contributed by atoms with E-state index < -0.39 is 26.9 Å². The number of carbonyl (C=O) groups excluding carboxylic acids is 2. The van der Waals surface area contributed by atoms with E-state index in [4.69, 9.17) is 4.43 Å². The van der Waals surface area contributed by atoms with Gasteiger partial charge in [0.25, 0.3) is 0 Å². The molecule has 0 saturated heterocycles. The number of aliphatic hydroxyl groups is 1. The lowest BCUT2D eigenvalue weighted by Crippen LogP contribution is -2.48. The van der Waals surface area contributed by atoms with Crippen LogP contribution in [0.2, 0.25) is 18.1 Å². The third-order valence-corrected chi connectivity index (χ3v) is 9.83. The molecule has 6 nitrogen and oxygen atoms in total. The number of rotatable bonds is 6. The molecule has 7 heteroatoms. The molecule has 1 aliphatic carbocycles. The van der Waals surface area contributed by atoms with Gasteiger partial charge in [-0.2, -0.15) is 0 Å². The Morgan fingerprint density at radius 1 is 1.21 bits per heavy atom. The summed E-state index contributed by atoms with van der Waals surface area (Å²) in [5, 5.41) is 11.9. The maximum absolute atomic E-state index is 12.3. The van der Waals surface area contributed by atoms with Gasteiger partial charge in [0.1, 0.15) is 0 Å². The first-order chi connectivity index (χ1) is 11.0. The van der Waals surface area contributed by atoms with Gasteiger partial charge in [0.2, 0.25) is 5.91 Å². The van der Waals surface area contributed by atoms with Crippen molar-refractivity contribution >= 4 is 20.2 Å². The van der Waals surface area contributed by atoms with Crippen molar-refractivity contribution in [3.8, 4) is 0 Å². The molecular formula is C17H33NO5Si. The summed E-state index contributed by atoms with van der Waals surface area (Å²) in [7, 11) is -0.551. The van der Waals surface area contributed by atoms with Crippen LogP contribution < -0.4 is 5.32 Å². The number of aliphatic hydroxyl groups excluding tert-OH is 1. The molecule has 0 unspecified atom stereocenters. The fraction of sp³-hybridized carbons (Fsp3) is 0.882. The summed E-state index contributed by atoms with van der Waals surface area (Å²) in [4.78, 5) is 23.7. The normalized spacial score (nSPS) is 23.5. The molecule has 0 aliphatic heterocycles. The Morgan fingerprint density at radius 2 is 1.75 bits per heavy atom. The van der Waals surface area contributed by atoms with Crippen molar-refractivity contribution < 1.29 is 23.9 Å². The molecule has 24 heavy (non-hydrogen) atoms. The number of esters is 1. The molecule has 0 spiro atoms. The molecule has 0 aromatic rings. The van der Waals surface area contributed by atoms with Gasteiger partial charge >= 0.3 is 5.97 Å². The van der Waals surface area contributed by atoms with Gasteiger partial charge in [-0.15, -0.1) is 0 Å². The minimum absolute atomic E-state index is 0.136. The van der Waals surface area contributed by atoms with Crippen molar-refractivity contribution in [1.82, 2.24) is 5.32 Å². The molecule has 0 bridgehead atoms. The Hall–Kier alpha value is -0.923. The number of methoxy groups -OCH3 is 1. The highest BCUT2D eigenvalue weighted by Gasteiger charge is 2.40. The zero-order valence-electron chi connectivity index (χ0n) is 15.8. The van der Waals surface area contributed by atoms with Crippen LogP contribution in [-0.4, -0.2) is 51.2 Å². The van der Waals surface area contributed by atoms with Gasteiger partial charge in [0.05, 0.1) is 13.7 Å². The summed E-state index contributed by atoms with van der Waals surface area (Å²) in [5.41, 5.74) is 0. The van der Waals surface area contributed by atoms with Crippen LogP contribution in [0.4, 0.5) is 0 Å². The summed E-state index contributed by atoms with van der Waals surface area (Å²) in [6, 6.07) is -0.983. The van der Waals surface area contributed by atoms with E-state index in [0.29, 0.717) is 0 Å². The van der Waals surface area contributed by atoms with Gasteiger partial charge in [-0.05, 0) is 43.8 Å². The molecular weight excluding hydrogens is 326 g/mol. The first-order valence-corrected chi connectivity index (χ1v) is 11.6. The zero-order chi connectivity index (χ0) is 18.5. The predicted molar refractivity (Wildman–Crippen MR) is 95.1 cm³/mol. The van der Waals surface area contributed by atoms with E-state index in [1.165, 1.54) is 7.11 Å². The van der Waals surface area contributed by atoms with Crippen LogP contribution in [-0.2, 0) is 18.8 Å². The van der Waals surface area contributed by atoms with E-state index in [0.717, 1.165) is 25.7 Å². The van der Waals surface area contributed by atoms with Crippen LogP contribution >= 0.6 is 0 Å². The van der Waals surface area contributed by atoms with E-state index in [1.807, 2.05) is 0 Å². The summed E-state index contributed by atoms with van der Waals surface area (Å²) in [5.74, 6) is -0.950. The largest absolute Gasteiger partial charge is 0.467 e. The highest BCUT2D eigenvalue weighted by atomic mass is 28.4. The molecule has 1 rings (SSSR count). The van der Waals surface area contributed by atoms with Crippen molar-refractivity contribution in [2.24, 2.45) is 5.92 Å². The van der Waals surface area contributed by atoms with Gasteiger partial charge in [0, 0.05) is 12.0 Å². The highest BCUT2D eigenvalue weighted by Crippen LogP contribution is 2.39. The van der Waals surface area contributed by atoms with Gasteiger partial charge in [-0.25, -0.2) is 4.79 Å². The van der Waals surface area contributed by atoms with Crippen molar-refractivity contribution in [2.45, 2.75) is 76.7 Å². The van der Waals surface area contributed by atoms with Crippen molar-refractivity contribution in [3.05, 3.63) is 0 Å². The number of carbonyl (C=O) groups is 2. The number of amides is 1. The van der Waals surface area contributed by atoms with E-state index in [-0.39, 0.29) is 23.0 Å². The predicted octanol–water partition coefficient (Wildman–Crippen LogP) is 2.22. The lowest BCUT2D eigenvalue weighted by molar-refractivity contribution is -0.147. The summed E-state index contributed by atoms with van der Waals surface area (Å²) < 4.78 is 11.0. The third kappa shape index (κ3) is 5.56. The fourth-order valence-corrected chi connectivity index (χ4v) is 4.07. The Bertz CT molecular complexity index is 439. The standard InChI is InChI=1S/C17H33NO5Si/c1-17(2,3)24(5,6)23-13-9-7-12(8-10-13)15(20)18-14(11-19)16(21)22-4/h12-14,19H,7-11H2,1-6H3,(H,18,20)/t12-,13+,14-/m0/s1. The van der Waals surface area contributed by atoms with Crippen LogP contribution in [0.25, 0.3) is 0 Å². The minimum Gasteiger partial charge on any atom is -0.467 e. The first-order valence-electron chi connectivity index (χ1n) is 8.68. The van der Waals surface area contributed by atoms with Crippen molar-refractivity contribution in [3.63, 3.8) is 0 Å². The first kappa shape index (κ1) is 21.1. The van der Waals surface area contributed by atoms with Crippen LogP contribution in [0, 0.1) is 5.92 Å². The SMILES string of the molecule is COC(=O)[C@H](CO)NC(=O)[C@H]1CC[C@@H](O[Si](C)(C)C(C)(C)C)CC1. The highest BCUT2D eigenvalue weighted by molar-refractivity contribution is 6.74. The van der Waals surface area contributed by atoms with E-state index in [2.05, 4.69) is 43.9 Å². The lowest BCUT2D eigenvalue weighted by atomic mass is 9.87. The Morgan fingerprint density at radius 3 is 2.17 bits per heavy atom. The number of hydrogen-bond acceptors (Lipinski definition) is 5. The Balaban J connectivity index is 2.50. The van der Waals surface area contributed by atoms with Gasteiger partial charge in [-0.3, -0.25) is 4.79 Å². The number of nitrogens with one attached hydrogen (secondary N) is 1. The monoisotopic (exact) mass is 359 g/mol. The van der Waals surface area contributed by atoms with Crippen LogP contribution in [0.1, 0.15) is 46.5 Å². The average molecular weight is 360 g/mol. The molecule has 1 saturated carbocycles. The van der Waals surface area contributed by atoms with Gasteiger partial charge < -0.3 is 19.6 Å². The van der Waals surface area contributed by atoms with Crippen molar-refractivity contribution in [1.29, 1.82) is 0 Å². The smallest absolute Gasteiger partial charge is 0.330 e. The summed E-state index contributed by atoms with van der Waals surface area (Å²) in [6.07, 6.45) is 3.40. The lowest BCUT2D eigenvalue weighted by Gasteiger charge is -2.41. The molecule has 1 amide bonds. The van der Waals surface area contributed by atoms with Gasteiger partial charge in [-0.1, -0.05) is 20.8 Å². The maximum Gasteiger partial charge on any atom is 0.330 e. The average Bonchev–Trinajstić information content (AvgIpc) is 2.50. The summed E-state index contributed by atoms with van der Waals surface area (Å²) in [6.45, 7) is 10.7. The third-order valence-electron chi connectivity index (χ3n) is 5.30. The van der Waals surface area contributed by atoms with Crippen LogP contribution in [0.5, 0.6) is 0 Å². The maximum atomic E-state index is 12.3. The zero-order valence-corrected chi connectivity index (χ0v) is 16.8. The minimum atomic E-state index is -1.79. The van der Waals surface area contributed by atoms with Crippen LogP contribution in [0.3, 0.4) is 0 Å². The molecule has 0 radical (unpaired) electrons. The van der Waals surface area contributed by atoms with E-state index in [9.17, 15) is 14.7 Å². The molecule has 1 atom stereocenters. The molecule has 1 aliphatic rings. The molecule has 0 heterocycles. The molecule has 140 valence electrons. The second-order valence-electron chi connectivity index (χ2n) is 8.12. The Labute approximate surface area is 146 Å². The number of hydrogen-bond donors (Lipinski definition) is 2. The van der Waals surface area contributed by atoms with Crippen LogP contribution in [0.15, 0.2) is 0 Å².